The molecule has 0 aliphatic rings. The maximum atomic E-state index is 13.1. The number of amides is 1. The molecule has 0 heterocycles. The lowest BCUT2D eigenvalue weighted by molar-refractivity contribution is 0.102. The lowest BCUT2D eigenvalue weighted by atomic mass is 10.1. The van der Waals surface area contributed by atoms with Crippen molar-refractivity contribution < 1.29 is 17.9 Å². The van der Waals surface area contributed by atoms with Crippen LogP contribution in [0.25, 0.3) is 0 Å². The van der Waals surface area contributed by atoms with Gasteiger partial charge >= 0.3 is 0 Å². The number of nitrogens with one attached hydrogen (secondary N) is 1. The summed E-state index contributed by atoms with van der Waals surface area (Å²) in [6, 6.07) is 18.3. The number of carbonyl (C=O) groups is 1. The maximum Gasteiger partial charge on any atom is 0.264 e. The molecule has 168 valence electrons. The maximum absolute atomic E-state index is 13.1. The third-order valence-corrected chi connectivity index (χ3v) is 6.91. The third kappa shape index (κ3) is 4.86. The summed E-state index contributed by atoms with van der Waals surface area (Å²) in [5.41, 5.74) is 3.45. The molecule has 3 rings (SSSR count). The Labute approximate surface area is 189 Å². The molecule has 3 aromatic carbocycles. The predicted octanol–water partition coefficient (Wildman–Crippen LogP) is 4.15. The molecule has 0 radical (unpaired) electrons. The van der Waals surface area contributed by atoms with Crippen molar-refractivity contribution in [3.05, 3.63) is 77.9 Å². The summed E-state index contributed by atoms with van der Waals surface area (Å²) in [5.74, 6) is 0.248. The molecule has 0 spiro atoms. The Morgan fingerprint density at radius 2 is 1.62 bits per heavy atom. The minimum atomic E-state index is -3.86. The first-order chi connectivity index (χ1) is 15.1. The monoisotopic (exact) mass is 453 g/mol. The van der Waals surface area contributed by atoms with Crippen LogP contribution in [-0.4, -0.2) is 42.6 Å². The average Bonchev–Trinajstić information content (AvgIpc) is 2.78. The quantitative estimate of drug-likeness (QED) is 0.582. The van der Waals surface area contributed by atoms with Crippen LogP contribution in [0.2, 0.25) is 0 Å². The molecule has 3 aromatic rings. The number of rotatable bonds is 7. The second kappa shape index (κ2) is 9.32. The van der Waals surface area contributed by atoms with E-state index in [1.165, 1.54) is 23.5 Å². The lowest BCUT2D eigenvalue weighted by Gasteiger charge is -2.20. The van der Waals surface area contributed by atoms with E-state index in [1.807, 2.05) is 44.1 Å². The van der Waals surface area contributed by atoms with Crippen LogP contribution in [0.1, 0.15) is 15.9 Å². The van der Waals surface area contributed by atoms with Gasteiger partial charge in [-0.25, -0.2) is 8.42 Å². The van der Waals surface area contributed by atoms with Crippen molar-refractivity contribution in [3.8, 4) is 5.75 Å². The Morgan fingerprint density at radius 1 is 0.938 bits per heavy atom. The number of hydrogen-bond donors (Lipinski definition) is 1. The van der Waals surface area contributed by atoms with Gasteiger partial charge in [0.1, 0.15) is 5.75 Å². The molecular formula is C24H27N3O4S. The van der Waals surface area contributed by atoms with Crippen LogP contribution in [0.5, 0.6) is 5.75 Å². The fourth-order valence-corrected chi connectivity index (χ4v) is 4.57. The zero-order valence-corrected chi connectivity index (χ0v) is 19.6. The summed E-state index contributed by atoms with van der Waals surface area (Å²) in [4.78, 5) is 14.8. The van der Waals surface area contributed by atoms with Crippen molar-refractivity contribution >= 4 is 33.0 Å². The van der Waals surface area contributed by atoms with E-state index in [4.69, 9.17) is 4.74 Å². The Bertz CT molecular complexity index is 1220. The normalized spacial score (nSPS) is 11.0. The summed E-state index contributed by atoms with van der Waals surface area (Å²) in [6.45, 7) is 1.97. The molecule has 0 aliphatic carbocycles. The highest BCUT2D eigenvalue weighted by atomic mass is 32.2. The number of nitrogens with zero attached hydrogens (tertiary/aromatic N) is 2. The Balaban J connectivity index is 1.83. The van der Waals surface area contributed by atoms with Crippen LogP contribution < -0.4 is 19.3 Å². The van der Waals surface area contributed by atoms with E-state index < -0.39 is 10.0 Å². The second-order valence-electron chi connectivity index (χ2n) is 7.55. The van der Waals surface area contributed by atoms with E-state index in [0.717, 1.165) is 11.3 Å². The van der Waals surface area contributed by atoms with E-state index in [9.17, 15) is 13.2 Å². The largest absolute Gasteiger partial charge is 0.497 e. The van der Waals surface area contributed by atoms with Gasteiger partial charge in [0.25, 0.3) is 15.9 Å². The molecule has 0 bridgehead atoms. The smallest absolute Gasteiger partial charge is 0.264 e. The van der Waals surface area contributed by atoms with Gasteiger partial charge in [-0.15, -0.1) is 0 Å². The van der Waals surface area contributed by atoms with Crippen molar-refractivity contribution in [2.45, 2.75) is 11.8 Å². The Morgan fingerprint density at radius 3 is 2.22 bits per heavy atom. The standard InChI is InChI=1S/C24H27N3O4S/c1-17-15-19(9-14-23(17)26(2)3)25-24(28)18-7-6-8-22(16-18)32(29,30)27(4)20-10-12-21(31-5)13-11-20/h6-16H,1-5H3,(H,25,28). The van der Waals surface area contributed by atoms with Crippen LogP contribution in [0, 0.1) is 6.92 Å². The Kier molecular flexibility index (Phi) is 6.74. The van der Waals surface area contributed by atoms with Crippen molar-refractivity contribution in [3.63, 3.8) is 0 Å². The first-order valence-electron chi connectivity index (χ1n) is 9.96. The van der Waals surface area contributed by atoms with Gasteiger partial charge < -0.3 is 15.0 Å². The SMILES string of the molecule is COc1ccc(N(C)S(=O)(=O)c2cccc(C(=O)Nc3ccc(N(C)C)c(C)c3)c2)cc1. The predicted molar refractivity (Wildman–Crippen MR) is 128 cm³/mol. The highest BCUT2D eigenvalue weighted by Crippen LogP contribution is 2.26. The van der Waals surface area contributed by atoms with Crippen molar-refractivity contribution in [1.82, 2.24) is 0 Å². The molecule has 0 unspecified atom stereocenters. The fourth-order valence-electron chi connectivity index (χ4n) is 3.33. The lowest BCUT2D eigenvalue weighted by Crippen LogP contribution is -2.26. The number of hydrogen-bond acceptors (Lipinski definition) is 5. The summed E-state index contributed by atoms with van der Waals surface area (Å²) in [5, 5.41) is 2.84. The van der Waals surface area contributed by atoms with Gasteiger partial charge in [-0.2, -0.15) is 0 Å². The summed E-state index contributed by atoms with van der Waals surface area (Å²) >= 11 is 0. The van der Waals surface area contributed by atoms with Gasteiger partial charge in [-0.1, -0.05) is 6.07 Å². The minimum absolute atomic E-state index is 0.0302. The molecule has 32 heavy (non-hydrogen) atoms. The van der Waals surface area contributed by atoms with Crippen molar-refractivity contribution in [2.75, 3.05) is 42.8 Å². The zero-order valence-electron chi connectivity index (χ0n) is 18.8. The highest BCUT2D eigenvalue weighted by molar-refractivity contribution is 7.92. The molecule has 0 aliphatic heterocycles. The molecule has 0 atom stereocenters. The summed E-state index contributed by atoms with van der Waals surface area (Å²) in [7, 11) is 3.07. The van der Waals surface area contributed by atoms with Crippen LogP contribution in [0.15, 0.2) is 71.6 Å². The number of aryl methyl sites for hydroxylation is 1. The van der Waals surface area contributed by atoms with Crippen molar-refractivity contribution in [1.29, 1.82) is 0 Å². The van der Waals surface area contributed by atoms with Gasteiger partial charge in [-0.3, -0.25) is 9.10 Å². The molecule has 1 N–H and O–H groups in total. The number of sulfonamides is 1. The molecule has 7 nitrogen and oxygen atoms in total. The van der Waals surface area contributed by atoms with E-state index >= 15 is 0 Å². The second-order valence-corrected chi connectivity index (χ2v) is 9.52. The minimum Gasteiger partial charge on any atom is -0.497 e. The summed E-state index contributed by atoms with van der Waals surface area (Å²) in [6.07, 6.45) is 0. The van der Waals surface area contributed by atoms with Crippen LogP contribution in [0.4, 0.5) is 17.1 Å². The first kappa shape index (κ1) is 23.1. The molecule has 0 aromatic heterocycles. The van der Waals surface area contributed by atoms with Crippen LogP contribution in [-0.2, 0) is 10.0 Å². The number of anilines is 3. The van der Waals surface area contributed by atoms with E-state index in [0.29, 0.717) is 17.1 Å². The highest BCUT2D eigenvalue weighted by Gasteiger charge is 2.22. The average molecular weight is 454 g/mol. The van der Waals surface area contributed by atoms with Gasteiger partial charge in [0.2, 0.25) is 0 Å². The molecule has 8 heteroatoms. The summed E-state index contributed by atoms with van der Waals surface area (Å²) < 4.78 is 32.5. The first-order valence-corrected chi connectivity index (χ1v) is 11.4. The number of benzene rings is 3. The molecule has 1 amide bonds. The van der Waals surface area contributed by atoms with Gasteiger partial charge in [0, 0.05) is 38.1 Å². The number of methoxy groups -OCH3 is 1. The molecular weight excluding hydrogens is 426 g/mol. The Hall–Kier alpha value is -3.52. The molecule has 0 saturated heterocycles. The zero-order chi connectivity index (χ0) is 23.5. The third-order valence-electron chi connectivity index (χ3n) is 5.13. The van der Waals surface area contributed by atoms with Gasteiger partial charge in [0.05, 0.1) is 17.7 Å². The van der Waals surface area contributed by atoms with Crippen LogP contribution >= 0.6 is 0 Å². The van der Waals surface area contributed by atoms with Gasteiger partial charge in [-0.05, 0) is 73.2 Å². The molecule has 0 saturated carbocycles. The van der Waals surface area contributed by atoms with Crippen molar-refractivity contribution in [2.24, 2.45) is 0 Å². The van der Waals surface area contributed by atoms with E-state index in [2.05, 4.69) is 5.32 Å². The number of ether oxygens (including phenoxy) is 1. The topological polar surface area (TPSA) is 78.9 Å². The van der Waals surface area contributed by atoms with E-state index in [-0.39, 0.29) is 16.4 Å². The van der Waals surface area contributed by atoms with E-state index in [1.54, 1.807) is 43.5 Å². The van der Waals surface area contributed by atoms with Gasteiger partial charge in [0.15, 0.2) is 0 Å². The number of carbonyl (C=O) groups excluding carboxylic acids is 1. The fraction of sp³-hybridized carbons (Fsp3) is 0.208. The molecule has 0 fully saturated rings. The van der Waals surface area contributed by atoms with Crippen LogP contribution in [0.3, 0.4) is 0 Å².